The highest BCUT2D eigenvalue weighted by molar-refractivity contribution is 5.84. The summed E-state index contributed by atoms with van der Waals surface area (Å²) in [5.41, 5.74) is 8.42. The van der Waals surface area contributed by atoms with Gasteiger partial charge in [0.15, 0.2) is 6.29 Å². The lowest BCUT2D eigenvalue weighted by Crippen LogP contribution is -2.02. The lowest BCUT2D eigenvalue weighted by Gasteiger charge is -2.05. The van der Waals surface area contributed by atoms with Crippen LogP contribution in [0.2, 0.25) is 0 Å². The Bertz CT molecular complexity index is 298. The first-order chi connectivity index (χ1) is 6.19. The second-order valence-corrected chi connectivity index (χ2v) is 3.07. The zero-order valence-electron chi connectivity index (χ0n) is 8.00. The minimum atomic E-state index is 0.514. The van der Waals surface area contributed by atoms with Gasteiger partial charge in [-0.15, -0.1) is 0 Å². The number of pyridine rings is 1. The van der Waals surface area contributed by atoms with E-state index in [2.05, 4.69) is 11.9 Å². The molecule has 0 spiro atoms. The Kier molecular flexibility index (Phi) is 3.01. The number of aldehydes is 1. The van der Waals surface area contributed by atoms with E-state index in [9.17, 15) is 4.79 Å². The lowest BCUT2D eigenvalue weighted by molar-refractivity contribution is 0.112. The first-order valence-corrected chi connectivity index (χ1v) is 4.40. The van der Waals surface area contributed by atoms with Gasteiger partial charge in [0.05, 0.1) is 11.3 Å². The summed E-state index contributed by atoms with van der Waals surface area (Å²) in [5, 5.41) is 0. The SMILES string of the molecule is CCCc1cc(N)c(C=O)c(C)n1. The molecular formula is C10H14N2O. The van der Waals surface area contributed by atoms with Gasteiger partial charge in [0, 0.05) is 11.4 Å². The minimum Gasteiger partial charge on any atom is -0.398 e. The molecular weight excluding hydrogens is 164 g/mol. The van der Waals surface area contributed by atoms with Gasteiger partial charge in [-0.05, 0) is 19.4 Å². The normalized spacial score (nSPS) is 10.0. The molecule has 13 heavy (non-hydrogen) atoms. The van der Waals surface area contributed by atoms with Crippen molar-refractivity contribution < 1.29 is 4.79 Å². The standard InChI is InChI=1S/C10H14N2O/c1-3-4-8-5-10(11)9(6-13)7(2)12-8/h5-6H,3-4H2,1-2H3,(H2,11,12). The number of nitrogens with two attached hydrogens (primary N) is 1. The van der Waals surface area contributed by atoms with Crippen molar-refractivity contribution in [3.05, 3.63) is 23.0 Å². The Balaban J connectivity index is 3.12. The number of hydrogen-bond donors (Lipinski definition) is 1. The van der Waals surface area contributed by atoms with Crippen LogP contribution in [0.15, 0.2) is 6.07 Å². The average Bonchev–Trinajstić information content (AvgIpc) is 2.04. The Hall–Kier alpha value is -1.38. The Morgan fingerprint density at radius 1 is 1.62 bits per heavy atom. The van der Waals surface area contributed by atoms with Gasteiger partial charge in [0.1, 0.15) is 0 Å². The number of anilines is 1. The van der Waals surface area contributed by atoms with Crippen LogP contribution in [-0.2, 0) is 6.42 Å². The van der Waals surface area contributed by atoms with Gasteiger partial charge < -0.3 is 5.73 Å². The zero-order chi connectivity index (χ0) is 9.84. The second kappa shape index (κ2) is 4.03. The lowest BCUT2D eigenvalue weighted by atomic mass is 10.1. The largest absolute Gasteiger partial charge is 0.398 e. The molecule has 0 amide bonds. The van der Waals surface area contributed by atoms with Gasteiger partial charge >= 0.3 is 0 Å². The summed E-state index contributed by atoms with van der Waals surface area (Å²) in [7, 11) is 0. The molecule has 70 valence electrons. The maximum Gasteiger partial charge on any atom is 0.153 e. The molecule has 0 radical (unpaired) electrons. The van der Waals surface area contributed by atoms with Crippen molar-refractivity contribution in [2.24, 2.45) is 0 Å². The number of rotatable bonds is 3. The monoisotopic (exact) mass is 178 g/mol. The van der Waals surface area contributed by atoms with Gasteiger partial charge in [-0.3, -0.25) is 9.78 Å². The molecule has 3 heteroatoms. The number of hydrogen-bond acceptors (Lipinski definition) is 3. The van der Waals surface area contributed by atoms with E-state index in [4.69, 9.17) is 5.73 Å². The molecule has 2 N–H and O–H groups in total. The third-order valence-electron chi connectivity index (χ3n) is 1.96. The van der Waals surface area contributed by atoms with Crippen LogP contribution in [0.1, 0.15) is 35.1 Å². The number of carbonyl (C=O) groups excluding carboxylic acids is 1. The average molecular weight is 178 g/mol. The topological polar surface area (TPSA) is 56.0 Å². The van der Waals surface area contributed by atoms with Crippen molar-refractivity contribution in [2.75, 3.05) is 5.73 Å². The van der Waals surface area contributed by atoms with E-state index in [0.717, 1.165) is 30.5 Å². The molecule has 1 aromatic heterocycles. The molecule has 0 atom stereocenters. The summed E-state index contributed by atoms with van der Waals surface area (Å²) in [4.78, 5) is 14.9. The number of nitrogen functional groups attached to an aromatic ring is 1. The Morgan fingerprint density at radius 3 is 2.77 bits per heavy atom. The van der Waals surface area contributed by atoms with Crippen molar-refractivity contribution in [2.45, 2.75) is 26.7 Å². The van der Waals surface area contributed by atoms with Crippen LogP contribution in [0.5, 0.6) is 0 Å². The Labute approximate surface area is 78.0 Å². The van der Waals surface area contributed by atoms with Gasteiger partial charge in [0.2, 0.25) is 0 Å². The summed E-state index contributed by atoms with van der Waals surface area (Å²) >= 11 is 0. The van der Waals surface area contributed by atoms with Gasteiger partial charge in [-0.2, -0.15) is 0 Å². The van der Waals surface area contributed by atoms with E-state index in [0.29, 0.717) is 11.3 Å². The molecule has 0 aromatic carbocycles. The van der Waals surface area contributed by atoms with Crippen LogP contribution in [-0.4, -0.2) is 11.3 Å². The van der Waals surface area contributed by atoms with Crippen molar-refractivity contribution >= 4 is 12.0 Å². The summed E-state index contributed by atoms with van der Waals surface area (Å²) in [6.07, 6.45) is 2.70. The van der Waals surface area contributed by atoms with Crippen LogP contribution >= 0.6 is 0 Å². The molecule has 0 unspecified atom stereocenters. The maximum absolute atomic E-state index is 10.6. The quantitative estimate of drug-likeness (QED) is 0.717. The molecule has 0 aliphatic carbocycles. The highest BCUT2D eigenvalue weighted by Crippen LogP contribution is 2.14. The fourth-order valence-electron chi connectivity index (χ4n) is 1.31. The highest BCUT2D eigenvalue weighted by atomic mass is 16.1. The van der Waals surface area contributed by atoms with E-state index >= 15 is 0 Å². The maximum atomic E-state index is 10.6. The fourth-order valence-corrected chi connectivity index (χ4v) is 1.31. The number of aromatic nitrogens is 1. The van der Waals surface area contributed by atoms with Crippen molar-refractivity contribution in [3.8, 4) is 0 Å². The first kappa shape index (κ1) is 9.71. The summed E-state index contributed by atoms with van der Waals surface area (Å²) in [6, 6.07) is 1.78. The van der Waals surface area contributed by atoms with Crippen LogP contribution in [0.4, 0.5) is 5.69 Å². The third-order valence-corrected chi connectivity index (χ3v) is 1.96. The van der Waals surface area contributed by atoms with Crippen molar-refractivity contribution in [1.29, 1.82) is 0 Å². The van der Waals surface area contributed by atoms with Crippen LogP contribution in [0.25, 0.3) is 0 Å². The third kappa shape index (κ3) is 2.05. The summed E-state index contributed by atoms with van der Waals surface area (Å²) in [6.45, 7) is 3.89. The first-order valence-electron chi connectivity index (χ1n) is 4.40. The second-order valence-electron chi connectivity index (χ2n) is 3.07. The minimum absolute atomic E-state index is 0.514. The van der Waals surface area contributed by atoms with Gasteiger partial charge in [0.25, 0.3) is 0 Å². The zero-order valence-corrected chi connectivity index (χ0v) is 8.00. The summed E-state index contributed by atoms with van der Waals surface area (Å²) in [5.74, 6) is 0. The fraction of sp³-hybridized carbons (Fsp3) is 0.400. The molecule has 0 fully saturated rings. The Morgan fingerprint density at radius 2 is 2.31 bits per heavy atom. The van der Waals surface area contributed by atoms with Crippen molar-refractivity contribution in [1.82, 2.24) is 4.98 Å². The van der Waals surface area contributed by atoms with Crippen molar-refractivity contribution in [3.63, 3.8) is 0 Å². The molecule has 1 rings (SSSR count). The van der Waals surface area contributed by atoms with E-state index in [1.807, 2.05) is 0 Å². The van der Waals surface area contributed by atoms with Gasteiger partial charge in [-0.1, -0.05) is 13.3 Å². The van der Waals surface area contributed by atoms with E-state index < -0.39 is 0 Å². The predicted octanol–water partition coefficient (Wildman–Crippen LogP) is 1.74. The van der Waals surface area contributed by atoms with E-state index in [1.54, 1.807) is 13.0 Å². The van der Waals surface area contributed by atoms with Crippen LogP contribution in [0.3, 0.4) is 0 Å². The molecule has 0 saturated carbocycles. The van der Waals surface area contributed by atoms with Gasteiger partial charge in [-0.25, -0.2) is 0 Å². The molecule has 0 aliphatic rings. The summed E-state index contributed by atoms with van der Waals surface area (Å²) < 4.78 is 0. The molecule has 0 aliphatic heterocycles. The number of nitrogens with zero attached hydrogens (tertiary/aromatic N) is 1. The smallest absolute Gasteiger partial charge is 0.153 e. The van der Waals surface area contributed by atoms with E-state index in [1.165, 1.54) is 0 Å². The molecule has 3 nitrogen and oxygen atoms in total. The molecule has 1 aromatic rings. The molecule has 0 bridgehead atoms. The van der Waals surface area contributed by atoms with Crippen LogP contribution < -0.4 is 5.73 Å². The molecule has 1 heterocycles. The predicted molar refractivity (Wildman–Crippen MR) is 52.8 cm³/mol. The highest BCUT2D eigenvalue weighted by Gasteiger charge is 2.05. The van der Waals surface area contributed by atoms with Crippen LogP contribution in [0, 0.1) is 6.92 Å². The molecule has 0 saturated heterocycles. The van der Waals surface area contributed by atoms with E-state index in [-0.39, 0.29) is 0 Å². The number of aryl methyl sites for hydroxylation is 2. The number of carbonyl (C=O) groups is 1.